The molecular weight excluding hydrogens is 225 g/mol. The first-order valence-corrected chi connectivity index (χ1v) is 4.53. The lowest BCUT2D eigenvalue weighted by Crippen LogP contribution is -2.49. The van der Waals surface area contributed by atoms with Crippen molar-refractivity contribution in [2.45, 2.75) is 18.4 Å². The van der Waals surface area contributed by atoms with E-state index in [4.69, 9.17) is 0 Å². The van der Waals surface area contributed by atoms with Crippen molar-refractivity contribution in [3.63, 3.8) is 0 Å². The Bertz CT molecular complexity index is 195. The molecule has 2 rings (SSSR count). The van der Waals surface area contributed by atoms with Crippen molar-refractivity contribution in [1.82, 2.24) is 16.0 Å². The van der Waals surface area contributed by atoms with Crippen LogP contribution in [0.2, 0.25) is 0 Å². The topological polar surface area (TPSA) is 53.2 Å². The Kier molecular flexibility index (Phi) is 5.74. The molecule has 0 aromatic heterocycles. The highest BCUT2D eigenvalue weighted by molar-refractivity contribution is 5.85. The zero-order chi connectivity index (χ0) is 8.44. The standard InChI is InChI=1S/C8H15N3O.2ClH/c12-7-5-9-3-1-8(11-7)2-4-10-6-8;;/h9-10H,1-6H2,(H,11,12);2*1H. The van der Waals surface area contributed by atoms with Crippen LogP contribution in [-0.4, -0.2) is 37.6 Å². The fraction of sp³-hybridized carbons (Fsp3) is 0.875. The van der Waals surface area contributed by atoms with Crippen molar-refractivity contribution in [2.75, 3.05) is 26.2 Å². The van der Waals surface area contributed by atoms with Gasteiger partial charge in [-0.25, -0.2) is 0 Å². The van der Waals surface area contributed by atoms with Crippen molar-refractivity contribution in [3.8, 4) is 0 Å². The molecule has 14 heavy (non-hydrogen) atoms. The minimum absolute atomic E-state index is 0. The number of amides is 1. The van der Waals surface area contributed by atoms with Gasteiger partial charge < -0.3 is 16.0 Å². The van der Waals surface area contributed by atoms with Gasteiger partial charge in [-0.1, -0.05) is 0 Å². The summed E-state index contributed by atoms with van der Waals surface area (Å²) in [5.74, 6) is 0.135. The normalized spacial score (nSPS) is 31.3. The van der Waals surface area contributed by atoms with Gasteiger partial charge in [0.05, 0.1) is 12.1 Å². The summed E-state index contributed by atoms with van der Waals surface area (Å²) in [4.78, 5) is 11.2. The first-order valence-electron chi connectivity index (χ1n) is 4.53. The molecule has 6 heteroatoms. The van der Waals surface area contributed by atoms with Gasteiger partial charge in [0.1, 0.15) is 0 Å². The highest BCUT2D eigenvalue weighted by atomic mass is 35.5. The fourth-order valence-corrected chi connectivity index (χ4v) is 2.00. The number of rotatable bonds is 0. The van der Waals surface area contributed by atoms with E-state index in [0.717, 1.165) is 32.5 Å². The Morgan fingerprint density at radius 3 is 2.36 bits per heavy atom. The van der Waals surface area contributed by atoms with Crippen LogP contribution in [0.15, 0.2) is 0 Å². The van der Waals surface area contributed by atoms with Gasteiger partial charge in [-0.05, 0) is 25.9 Å². The summed E-state index contributed by atoms with van der Waals surface area (Å²) in [5.41, 5.74) is 0.0561. The van der Waals surface area contributed by atoms with Crippen molar-refractivity contribution < 1.29 is 4.79 Å². The zero-order valence-electron chi connectivity index (χ0n) is 7.97. The Morgan fingerprint density at radius 2 is 1.71 bits per heavy atom. The van der Waals surface area contributed by atoms with Crippen LogP contribution in [-0.2, 0) is 4.79 Å². The minimum Gasteiger partial charge on any atom is -0.348 e. The second kappa shape index (κ2) is 5.75. The third kappa shape index (κ3) is 2.98. The molecule has 84 valence electrons. The van der Waals surface area contributed by atoms with E-state index >= 15 is 0 Å². The number of hydrogen-bond donors (Lipinski definition) is 3. The largest absolute Gasteiger partial charge is 0.348 e. The predicted octanol–water partition coefficient (Wildman–Crippen LogP) is -0.328. The van der Waals surface area contributed by atoms with E-state index in [1.165, 1.54) is 0 Å². The Balaban J connectivity index is 0.000000845. The van der Waals surface area contributed by atoms with E-state index in [0.29, 0.717) is 6.54 Å². The van der Waals surface area contributed by atoms with E-state index in [9.17, 15) is 4.79 Å². The first-order chi connectivity index (χ1) is 5.81. The summed E-state index contributed by atoms with van der Waals surface area (Å²) in [6.45, 7) is 3.38. The molecule has 2 aliphatic rings. The lowest BCUT2D eigenvalue weighted by atomic mass is 9.94. The number of carbonyl (C=O) groups is 1. The van der Waals surface area contributed by atoms with Crippen LogP contribution >= 0.6 is 24.8 Å². The van der Waals surface area contributed by atoms with Gasteiger partial charge in [0.2, 0.25) is 5.91 Å². The summed E-state index contributed by atoms with van der Waals surface area (Å²) < 4.78 is 0. The van der Waals surface area contributed by atoms with Crippen molar-refractivity contribution in [1.29, 1.82) is 0 Å². The molecule has 4 nitrogen and oxygen atoms in total. The van der Waals surface area contributed by atoms with Gasteiger partial charge in [-0.2, -0.15) is 0 Å². The molecule has 0 aromatic rings. The number of nitrogens with one attached hydrogen (secondary N) is 3. The summed E-state index contributed by atoms with van der Waals surface area (Å²) >= 11 is 0. The molecule has 2 heterocycles. The van der Waals surface area contributed by atoms with Gasteiger partial charge in [-0.3, -0.25) is 4.79 Å². The van der Waals surface area contributed by atoms with Gasteiger partial charge in [0.25, 0.3) is 0 Å². The second-order valence-corrected chi connectivity index (χ2v) is 3.68. The molecule has 1 spiro atoms. The second-order valence-electron chi connectivity index (χ2n) is 3.68. The smallest absolute Gasteiger partial charge is 0.234 e. The quantitative estimate of drug-likeness (QED) is 0.545. The predicted molar refractivity (Wildman–Crippen MR) is 60.3 cm³/mol. The van der Waals surface area contributed by atoms with E-state index in [1.54, 1.807) is 0 Å². The molecule has 2 aliphatic heterocycles. The first kappa shape index (κ1) is 14.0. The van der Waals surface area contributed by atoms with Crippen LogP contribution < -0.4 is 16.0 Å². The molecular formula is C8H17Cl2N3O. The number of halogens is 2. The molecule has 0 radical (unpaired) electrons. The maximum atomic E-state index is 11.2. The van der Waals surface area contributed by atoms with Crippen molar-refractivity contribution >= 4 is 30.7 Å². The lowest BCUT2D eigenvalue weighted by molar-refractivity contribution is -0.121. The zero-order valence-corrected chi connectivity index (χ0v) is 9.60. The van der Waals surface area contributed by atoms with Crippen LogP contribution in [0.4, 0.5) is 0 Å². The molecule has 1 atom stereocenters. The molecule has 1 unspecified atom stereocenters. The number of hydrogen-bond acceptors (Lipinski definition) is 3. The third-order valence-corrected chi connectivity index (χ3v) is 2.71. The van der Waals surface area contributed by atoms with Crippen LogP contribution in [0.1, 0.15) is 12.8 Å². The maximum absolute atomic E-state index is 11.2. The highest BCUT2D eigenvalue weighted by Crippen LogP contribution is 2.19. The minimum atomic E-state index is 0. The van der Waals surface area contributed by atoms with Crippen LogP contribution in [0, 0.1) is 0 Å². The molecule has 2 fully saturated rings. The van der Waals surface area contributed by atoms with Crippen LogP contribution in [0.3, 0.4) is 0 Å². The van der Waals surface area contributed by atoms with E-state index in [2.05, 4.69) is 16.0 Å². The summed E-state index contributed by atoms with van der Waals surface area (Å²) in [7, 11) is 0. The molecule has 0 aliphatic carbocycles. The Labute approximate surface area is 96.4 Å². The van der Waals surface area contributed by atoms with Crippen molar-refractivity contribution in [3.05, 3.63) is 0 Å². The van der Waals surface area contributed by atoms with E-state index in [1.807, 2.05) is 0 Å². The van der Waals surface area contributed by atoms with Gasteiger partial charge in [-0.15, -0.1) is 24.8 Å². The summed E-state index contributed by atoms with van der Waals surface area (Å²) in [6, 6.07) is 0. The lowest BCUT2D eigenvalue weighted by Gasteiger charge is -2.26. The summed E-state index contributed by atoms with van der Waals surface area (Å²) in [6.07, 6.45) is 2.12. The molecule has 0 bridgehead atoms. The van der Waals surface area contributed by atoms with Crippen LogP contribution in [0.25, 0.3) is 0 Å². The van der Waals surface area contributed by atoms with Gasteiger partial charge in [0.15, 0.2) is 0 Å². The average molecular weight is 242 g/mol. The van der Waals surface area contributed by atoms with Gasteiger partial charge in [0, 0.05) is 6.54 Å². The summed E-state index contributed by atoms with van der Waals surface area (Å²) in [5, 5.41) is 9.49. The third-order valence-electron chi connectivity index (χ3n) is 2.71. The van der Waals surface area contributed by atoms with E-state index < -0.39 is 0 Å². The molecule has 2 saturated heterocycles. The van der Waals surface area contributed by atoms with Crippen LogP contribution in [0.5, 0.6) is 0 Å². The Morgan fingerprint density at radius 1 is 1.07 bits per heavy atom. The maximum Gasteiger partial charge on any atom is 0.234 e. The molecule has 3 N–H and O–H groups in total. The molecule has 1 amide bonds. The fourth-order valence-electron chi connectivity index (χ4n) is 2.00. The Hall–Kier alpha value is -0.0300. The average Bonchev–Trinajstić information content (AvgIpc) is 2.39. The SMILES string of the molecule is Cl.Cl.O=C1CNCCC2(CCNC2)N1. The van der Waals surface area contributed by atoms with Gasteiger partial charge >= 0.3 is 0 Å². The molecule has 0 aromatic carbocycles. The highest BCUT2D eigenvalue weighted by Gasteiger charge is 2.35. The van der Waals surface area contributed by atoms with E-state index in [-0.39, 0.29) is 36.3 Å². The number of carbonyl (C=O) groups excluding carboxylic acids is 1. The monoisotopic (exact) mass is 241 g/mol. The van der Waals surface area contributed by atoms with Crippen molar-refractivity contribution in [2.24, 2.45) is 0 Å². The molecule has 0 saturated carbocycles.